The van der Waals surface area contributed by atoms with E-state index in [1.54, 1.807) is 37.4 Å². The van der Waals surface area contributed by atoms with Crippen LogP contribution in [-0.4, -0.2) is 31.7 Å². The van der Waals surface area contributed by atoms with Gasteiger partial charge in [-0.15, -0.1) is 0 Å². The number of carbonyl (C=O) groups excluding carboxylic acids is 2. The van der Waals surface area contributed by atoms with Gasteiger partial charge in [-0.1, -0.05) is 23.5 Å². The largest absolute Gasteiger partial charge is 0.497 e. The summed E-state index contributed by atoms with van der Waals surface area (Å²) in [7, 11) is -2.28. The van der Waals surface area contributed by atoms with Crippen molar-refractivity contribution < 1.29 is 22.7 Å². The van der Waals surface area contributed by atoms with Crippen LogP contribution in [0.4, 0.5) is 9.93 Å². The van der Waals surface area contributed by atoms with Crippen molar-refractivity contribution in [3.63, 3.8) is 0 Å². The Hall–Kier alpha value is -2.89. The molecule has 8 nitrogen and oxygen atoms in total. The van der Waals surface area contributed by atoms with E-state index >= 15 is 0 Å². The number of carbonyl (C=O) groups is 2. The molecule has 2 N–H and O–H groups in total. The number of nitrogens with one attached hydrogen (secondary N) is 2. The molecule has 0 spiro atoms. The molecule has 148 valence electrons. The highest BCUT2D eigenvalue weighted by Gasteiger charge is 2.25. The molecular formula is C18H13N3O5S3. The Bertz CT molecular complexity index is 1260. The van der Waals surface area contributed by atoms with Gasteiger partial charge in [-0.25, -0.2) is 13.4 Å². The third kappa shape index (κ3) is 4.11. The fraction of sp³-hybridized carbons (Fsp3) is 0.0556. The van der Waals surface area contributed by atoms with Gasteiger partial charge in [0, 0.05) is 0 Å². The third-order valence-corrected chi connectivity index (χ3v) is 7.18. The minimum Gasteiger partial charge on any atom is -0.497 e. The van der Waals surface area contributed by atoms with Gasteiger partial charge in [0.05, 0.1) is 27.1 Å². The van der Waals surface area contributed by atoms with Crippen molar-refractivity contribution in [3.05, 3.63) is 52.9 Å². The molecule has 1 fully saturated rings. The molecule has 3 aromatic rings. The predicted molar refractivity (Wildman–Crippen MR) is 113 cm³/mol. The van der Waals surface area contributed by atoms with Gasteiger partial charge >= 0.3 is 0 Å². The van der Waals surface area contributed by atoms with Gasteiger partial charge in [0.2, 0.25) is 0 Å². The van der Waals surface area contributed by atoms with Crippen LogP contribution >= 0.6 is 23.1 Å². The number of ether oxygens (including phenoxy) is 1. The Labute approximate surface area is 174 Å². The number of nitrogens with zero attached hydrogens (tertiary/aromatic N) is 1. The van der Waals surface area contributed by atoms with Gasteiger partial charge in [0.1, 0.15) is 5.75 Å². The first-order valence-electron chi connectivity index (χ1n) is 8.16. The third-order valence-electron chi connectivity index (χ3n) is 3.95. The smallest absolute Gasteiger partial charge is 0.290 e. The molecule has 0 atom stereocenters. The van der Waals surface area contributed by atoms with Crippen LogP contribution in [0.5, 0.6) is 5.75 Å². The number of hydrogen-bond acceptors (Lipinski definition) is 8. The molecule has 11 heteroatoms. The van der Waals surface area contributed by atoms with Crippen molar-refractivity contribution in [1.82, 2.24) is 10.3 Å². The van der Waals surface area contributed by atoms with Crippen LogP contribution in [0.15, 0.2) is 52.3 Å². The second-order valence-electron chi connectivity index (χ2n) is 5.88. The molecule has 2 aromatic carbocycles. The van der Waals surface area contributed by atoms with E-state index in [2.05, 4.69) is 15.0 Å². The van der Waals surface area contributed by atoms with Gasteiger partial charge in [0.25, 0.3) is 21.2 Å². The maximum Gasteiger partial charge on any atom is 0.290 e. The zero-order chi connectivity index (χ0) is 20.6. The Morgan fingerprint density at radius 2 is 1.90 bits per heavy atom. The number of thiazole rings is 1. The van der Waals surface area contributed by atoms with Gasteiger partial charge in [0.15, 0.2) is 5.13 Å². The lowest BCUT2D eigenvalue weighted by Gasteiger charge is -2.05. The lowest BCUT2D eigenvalue weighted by atomic mass is 10.2. The van der Waals surface area contributed by atoms with E-state index in [9.17, 15) is 18.0 Å². The Kier molecular flexibility index (Phi) is 5.03. The molecule has 1 aliphatic rings. The molecule has 1 aliphatic heterocycles. The molecule has 4 rings (SSSR count). The maximum atomic E-state index is 12.7. The van der Waals surface area contributed by atoms with Crippen molar-refractivity contribution in [1.29, 1.82) is 0 Å². The van der Waals surface area contributed by atoms with Crippen molar-refractivity contribution in [2.45, 2.75) is 4.90 Å². The van der Waals surface area contributed by atoms with Crippen molar-refractivity contribution in [2.75, 3.05) is 11.8 Å². The van der Waals surface area contributed by atoms with E-state index in [0.29, 0.717) is 16.8 Å². The number of rotatable bonds is 5. The molecule has 2 amide bonds. The number of benzene rings is 2. The van der Waals surface area contributed by atoms with E-state index < -0.39 is 21.2 Å². The topological polar surface area (TPSA) is 114 Å². The highest BCUT2D eigenvalue weighted by molar-refractivity contribution is 8.18. The summed E-state index contributed by atoms with van der Waals surface area (Å²) >= 11 is 2.00. The number of anilines is 1. The lowest BCUT2D eigenvalue weighted by Crippen LogP contribution is -2.17. The van der Waals surface area contributed by atoms with Crippen molar-refractivity contribution in [3.8, 4) is 5.75 Å². The number of fused-ring (bicyclic) bond motifs is 1. The summed E-state index contributed by atoms with van der Waals surface area (Å²) < 4.78 is 33.7. The zero-order valence-electron chi connectivity index (χ0n) is 14.8. The monoisotopic (exact) mass is 447 g/mol. The van der Waals surface area contributed by atoms with Crippen LogP contribution in [0.25, 0.3) is 16.3 Å². The summed E-state index contributed by atoms with van der Waals surface area (Å²) in [5.41, 5.74) is 1.26. The summed E-state index contributed by atoms with van der Waals surface area (Å²) in [4.78, 5) is 27.4. The number of sulfonamides is 1. The first-order valence-corrected chi connectivity index (χ1v) is 11.3. The van der Waals surface area contributed by atoms with Crippen LogP contribution in [0, 0.1) is 0 Å². The average molecular weight is 448 g/mol. The summed E-state index contributed by atoms with van der Waals surface area (Å²) in [5.74, 6) is 0.196. The van der Waals surface area contributed by atoms with Crippen molar-refractivity contribution >= 4 is 65.7 Å². The molecular weight excluding hydrogens is 434 g/mol. The number of imide groups is 1. The molecule has 0 bridgehead atoms. The van der Waals surface area contributed by atoms with E-state index in [1.165, 1.54) is 29.5 Å². The van der Waals surface area contributed by atoms with Crippen LogP contribution in [0.1, 0.15) is 5.56 Å². The van der Waals surface area contributed by atoms with E-state index in [-0.39, 0.29) is 14.9 Å². The van der Waals surface area contributed by atoms with E-state index in [0.717, 1.165) is 16.5 Å². The van der Waals surface area contributed by atoms with Crippen LogP contribution < -0.4 is 14.8 Å². The number of thioether (sulfide) groups is 1. The molecule has 1 aromatic heterocycles. The molecule has 0 unspecified atom stereocenters. The maximum absolute atomic E-state index is 12.7. The number of aromatic nitrogens is 1. The van der Waals surface area contributed by atoms with Crippen LogP contribution in [0.3, 0.4) is 0 Å². The normalized spacial score (nSPS) is 15.7. The SMILES string of the molecule is COc1ccc2nc(NS(=O)(=O)c3ccc(/C=C4/SC(=O)NC4=O)cc3)sc2c1. The Balaban J connectivity index is 1.55. The van der Waals surface area contributed by atoms with Crippen molar-refractivity contribution in [2.24, 2.45) is 0 Å². The molecule has 0 radical (unpaired) electrons. The first kappa shape index (κ1) is 19.4. The quantitative estimate of drug-likeness (QED) is 0.576. The molecule has 29 heavy (non-hydrogen) atoms. The number of methoxy groups -OCH3 is 1. The number of amides is 2. The summed E-state index contributed by atoms with van der Waals surface area (Å²) in [6, 6.07) is 11.3. The Morgan fingerprint density at radius 3 is 2.55 bits per heavy atom. The highest BCUT2D eigenvalue weighted by atomic mass is 32.2. The average Bonchev–Trinajstić information content (AvgIpc) is 3.22. The van der Waals surface area contributed by atoms with E-state index in [4.69, 9.17) is 4.74 Å². The van der Waals surface area contributed by atoms with Gasteiger partial charge in [-0.05, 0) is 53.7 Å². The van der Waals surface area contributed by atoms with Gasteiger partial charge < -0.3 is 4.74 Å². The van der Waals surface area contributed by atoms with Crippen LogP contribution in [0.2, 0.25) is 0 Å². The fourth-order valence-electron chi connectivity index (χ4n) is 2.57. The summed E-state index contributed by atoms with van der Waals surface area (Å²) in [6.45, 7) is 0. The van der Waals surface area contributed by atoms with E-state index in [1.807, 2.05) is 0 Å². The first-order chi connectivity index (χ1) is 13.8. The second kappa shape index (κ2) is 7.50. The Morgan fingerprint density at radius 1 is 1.14 bits per heavy atom. The van der Waals surface area contributed by atoms with Crippen LogP contribution in [-0.2, 0) is 14.8 Å². The second-order valence-corrected chi connectivity index (χ2v) is 9.61. The van der Waals surface area contributed by atoms with Gasteiger partial charge in [-0.2, -0.15) is 0 Å². The standard InChI is InChI=1S/C18H13N3O5S3/c1-26-11-4-7-13-14(9-11)27-17(19-13)21-29(24,25)12-5-2-10(3-6-12)8-15-16(22)20-18(23)28-15/h2-9H,1H3,(H,19,21)(H,20,22,23)/b15-8+. The molecule has 2 heterocycles. The highest BCUT2D eigenvalue weighted by Crippen LogP contribution is 2.31. The van der Waals surface area contributed by atoms with Gasteiger partial charge in [-0.3, -0.25) is 19.6 Å². The summed E-state index contributed by atoms with van der Waals surface area (Å²) in [6.07, 6.45) is 1.52. The minimum atomic E-state index is -3.83. The fourth-order valence-corrected chi connectivity index (χ4v) is 5.38. The molecule has 0 saturated carbocycles. The molecule has 1 saturated heterocycles. The zero-order valence-corrected chi connectivity index (χ0v) is 17.3. The number of hydrogen-bond donors (Lipinski definition) is 2. The predicted octanol–water partition coefficient (Wildman–Crippen LogP) is 3.43. The molecule has 0 aliphatic carbocycles. The lowest BCUT2D eigenvalue weighted by molar-refractivity contribution is -0.115. The summed E-state index contributed by atoms with van der Waals surface area (Å²) in [5, 5.41) is 1.98. The minimum absolute atomic E-state index is 0.0519.